The van der Waals surface area contributed by atoms with E-state index in [1.807, 2.05) is 0 Å². The van der Waals surface area contributed by atoms with Gasteiger partial charge in [0, 0.05) is 26.3 Å². The molecule has 1 aliphatic rings. The molecule has 2 heterocycles. The highest BCUT2D eigenvalue weighted by Crippen LogP contribution is 2.21. The van der Waals surface area contributed by atoms with Crippen LogP contribution in [0.2, 0.25) is 0 Å². The van der Waals surface area contributed by atoms with E-state index >= 15 is 0 Å². The van der Waals surface area contributed by atoms with Crippen LogP contribution in [0.5, 0.6) is 0 Å². The van der Waals surface area contributed by atoms with Gasteiger partial charge < -0.3 is 25.3 Å². The lowest BCUT2D eigenvalue weighted by Crippen LogP contribution is -2.23. The van der Waals surface area contributed by atoms with Crippen molar-refractivity contribution in [1.29, 1.82) is 0 Å². The molecule has 2 atom stereocenters. The number of methoxy groups -OCH3 is 1. The van der Waals surface area contributed by atoms with Crippen LogP contribution >= 0.6 is 0 Å². The lowest BCUT2D eigenvalue weighted by atomic mass is 10.3. The zero-order valence-electron chi connectivity index (χ0n) is 10.1. The smallest absolute Gasteiger partial charge is 0.158 e. The zero-order chi connectivity index (χ0) is 13.1. The molecule has 100 valence electrons. The van der Waals surface area contributed by atoms with Crippen molar-refractivity contribution < 1.29 is 14.9 Å². The van der Waals surface area contributed by atoms with Gasteiger partial charge in [0.2, 0.25) is 0 Å². The van der Waals surface area contributed by atoms with E-state index in [2.05, 4.69) is 15.4 Å². The number of rotatable bonds is 4. The minimum absolute atomic E-state index is 0.265. The number of aliphatic hydroxyl groups is 2. The van der Waals surface area contributed by atoms with Crippen molar-refractivity contribution in [2.24, 2.45) is 5.84 Å². The average Bonchev–Trinajstić information content (AvgIpc) is 2.70. The Morgan fingerprint density at radius 2 is 2.11 bits per heavy atom. The zero-order valence-corrected chi connectivity index (χ0v) is 10.1. The number of hydrazine groups is 1. The summed E-state index contributed by atoms with van der Waals surface area (Å²) in [4.78, 5) is 10.2. The van der Waals surface area contributed by atoms with Gasteiger partial charge in [-0.05, 0) is 0 Å². The third-order valence-electron chi connectivity index (χ3n) is 2.76. The number of hydrogen-bond donors (Lipinski definition) is 4. The van der Waals surface area contributed by atoms with Crippen molar-refractivity contribution in [2.75, 3.05) is 30.5 Å². The van der Waals surface area contributed by atoms with Crippen molar-refractivity contribution in [1.82, 2.24) is 9.97 Å². The standard InChI is InChI=1S/C10H17N5O3/c1-18-5-9-12-8(14-11)2-10(13-9)15-3-6(16)7(17)4-15/h2,6-7,16-17H,3-5,11H2,1H3,(H,12,13,14). The van der Waals surface area contributed by atoms with E-state index in [4.69, 9.17) is 10.6 Å². The number of nitrogens with zero attached hydrogens (tertiary/aromatic N) is 3. The summed E-state index contributed by atoms with van der Waals surface area (Å²) in [5, 5.41) is 19.1. The van der Waals surface area contributed by atoms with Gasteiger partial charge in [0.1, 0.15) is 18.2 Å². The third kappa shape index (κ3) is 2.67. The molecule has 1 saturated heterocycles. The number of nitrogens with two attached hydrogens (primary N) is 1. The third-order valence-corrected chi connectivity index (χ3v) is 2.76. The predicted molar refractivity (Wildman–Crippen MR) is 64.8 cm³/mol. The van der Waals surface area contributed by atoms with Gasteiger partial charge in [-0.3, -0.25) is 0 Å². The van der Waals surface area contributed by atoms with E-state index in [0.717, 1.165) is 0 Å². The van der Waals surface area contributed by atoms with Gasteiger partial charge in [-0.2, -0.15) is 0 Å². The van der Waals surface area contributed by atoms with Crippen LogP contribution in [0.4, 0.5) is 11.6 Å². The largest absolute Gasteiger partial charge is 0.389 e. The van der Waals surface area contributed by atoms with E-state index < -0.39 is 12.2 Å². The first-order valence-corrected chi connectivity index (χ1v) is 5.58. The summed E-state index contributed by atoms with van der Waals surface area (Å²) < 4.78 is 4.98. The van der Waals surface area contributed by atoms with Crippen LogP contribution in [0.1, 0.15) is 5.82 Å². The number of β-amino-alcohol motifs (C(OH)–C–C–N with tert-alkyl or cyclic N) is 2. The molecule has 1 aromatic heterocycles. The Balaban J connectivity index is 2.24. The van der Waals surface area contributed by atoms with Crippen molar-refractivity contribution >= 4 is 11.6 Å². The summed E-state index contributed by atoms with van der Waals surface area (Å²) >= 11 is 0. The van der Waals surface area contributed by atoms with Crippen molar-refractivity contribution in [3.63, 3.8) is 0 Å². The summed E-state index contributed by atoms with van der Waals surface area (Å²) in [7, 11) is 1.55. The summed E-state index contributed by atoms with van der Waals surface area (Å²) in [6, 6.07) is 1.66. The molecule has 1 fully saturated rings. The molecule has 8 heteroatoms. The van der Waals surface area contributed by atoms with Gasteiger partial charge >= 0.3 is 0 Å². The van der Waals surface area contributed by atoms with Crippen LogP contribution in [0.25, 0.3) is 0 Å². The Morgan fingerprint density at radius 3 is 2.67 bits per heavy atom. The monoisotopic (exact) mass is 255 g/mol. The molecular weight excluding hydrogens is 238 g/mol. The normalized spacial score (nSPS) is 23.4. The summed E-state index contributed by atoms with van der Waals surface area (Å²) in [5.74, 6) is 6.88. The Kier molecular flexibility index (Phi) is 3.92. The average molecular weight is 255 g/mol. The van der Waals surface area contributed by atoms with Gasteiger partial charge in [0.05, 0.1) is 12.2 Å². The summed E-state index contributed by atoms with van der Waals surface area (Å²) in [6.07, 6.45) is -1.53. The predicted octanol–water partition coefficient (Wildman–Crippen LogP) is -1.55. The van der Waals surface area contributed by atoms with Crippen molar-refractivity contribution in [3.05, 3.63) is 11.9 Å². The molecule has 8 nitrogen and oxygen atoms in total. The van der Waals surface area contributed by atoms with E-state index in [1.54, 1.807) is 18.1 Å². The molecule has 0 spiro atoms. The molecule has 1 aliphatic heterocycles. The maximum absolute atomic E-state index is 9.53. The molecule has 0 aliphatic carbocycles. The van der Waals surface area contributed by atoms with Gasteiger partial charge in [-0.15, -0.1) is 0 Å². The first-order valence-electron chi connectivity index (χ1n) is 5.58. The molecule has 0 radical (unpaired) electrons. The maximum atomic E-state index is 9.53. The topological polar surface area (TPSA) is 117 Å². The summed E-state index contributed by atoms with van der Waals surface area (Å²) in [5.41, 5.74) is 2.45. The number of anilines is 2. The van der Waals surface area contributed by atoms with Gasteiger partial charge in [0.15, 0.2) is 5.82 Å². The number of nitrogen functional groups attached to an aromatic ring is 1. The van der Waals surface area contributed by atoms with Crippen LogP contribution in [-0.2, 0) is 11.3 Å². The fourth-order valence-electron chi connectivity index (χ4n) is 1.87. The second-order valence-corrected chi connectivity index (χ2v) is 4.14. The van der Waals surface area contributed by atoms with Gasteiger partial charge in [-0.25, -0.2) is 15.8 Å². The Morgan fingerprint density at radius 1 is 1.44 bits per heavy atom. The van der Waals surface area contributed by atoms with Crippen LogP contribution in [0.15, 0.2) is 6.07 Å². The van der Waals surface area contributed by atoms with E-state index in [-0.39, 0.29) is 6.61 Å². The molecule has 0 bridgehead atoms. The lowest BCUT2D eigenvalue weighted by Gasteiger charge is -2.17. The van der Waals surface area contributed by atoms with Gasteiger partial charge in [0.25, 0.3) is 0 Å². The fraction of sp³-hybridized carbons (Fsp3) is 0.600. The van der Waals surface area contributed by atoms with Crippen LogP contribution in [0.3, 0.4) is 0 Å². The number of hydrogen-bond acceptors (Lipinski definition) is 8. The Hall–Kier alpha value is -1.48. The second kappa shape index (κ2) is 5.44. The SMILES string of the molecule is COCc1nc(NN)cc(N2CC(O)C(O)C2)n1. The molecule has 5 N–H and O–H groups in total. The highest BCUT2D eigenvalue weighted by Gasteiger charge is 2.30. The Labute approximate surface area is 104 Å². The van der Waals surface area contributed by atoms with E-state index in [0.29, 0.717) is 30.5 Å². The van der Waals surface area contributed by atoms with Crippen molar-refractivity contribution in [3.8, 4) is 0 Å². The molecule has 18 heavy (non-hydrogen) atoms. The summed E-state index contributed by atoms with van der Waals surface area (Å²) in [6.45, 7) is 0.921. The highest BCUT2D eigenvalue weighted by atomic mass is 16.5. The number of nitrogens with one attached hydrogen (secondary N) is 1. The molecule has 0 amide bonds. The quantitative estimate of drug-likeness (QED) is 0.377. The van der Waals surface area contributed by atoms with Crippen LogP contribution in [-0.4, -0.2) is 52.6 Å². The second-order valence-electron chi connectivity index (χ2n) is 4.14. The van der Waals surface area contributed by atoms with Crippen molar-refractivity contribution in [2.45, 2.75) is 18.8 Å². The van der Waals surface area contributed by atoms with Crippen LogP contribution in [0, 0.1) is 0 Å². The first-order chi connectivity index (χ1) is 8.63. The molecule has 2 rings (SSSR count). The highest BCUT2D eigenvalue weighted by molar-refractivity contribution is 5.50. The van der Waals surface area contributed by atoms with E-state index in [9.17, 15) is 10.2 Å². The fourth-order valence-corrected chi connectivity index (χ4v) is 1.87. The van der Waals surface area contributed by atoms with Gasteiger partial charge in [-0.1, -0.05) is 0 Å². The molecule has 1 aromatic rings. The minimum Gasteiger partial charge on any atom is -0.389 e. The Bertz CT molecular complexity index is 406. The number of aromatic nitrogens is 2. The maximum Gasteiger partial charge on any atom is 0.158 e. The lowest BCUT2D eigenvalue weighted by molar-refractivity contribution is 0.0572. The molecule has 2 unspecified atom stereocenters. The van der Waals surface area contributed by atoms with Crippen LogP contribution < -0.4 is 16.2 Å². The van der Waals surface area contributed by atoms with E-state index in [1.165, 1.54) is 0 Å². The molecule has 0 saturated carbocycles. The first kappa shape index (κ1) is 13.0. The molecular formula is C10H17N5O3. The number of ether oxygens (including phenoxy) is 1. The minimum atomic E-state index is -0.764. The molecule has 0 aromatic carbocycles. The number of aliphatic hydroxyl groups excluding tert-OH is 2.